The lowest BCUT2D eigenvalue weighted by atomic mass is 10.1. The molecule has 1 amide bonds. The topological polar surface area (TPSA) is 75.7 Å². The highest BCUT2D eigenvalue weighted by Gasteiger charge is 2.22. The summed E-state index contributed by atoms with van der Waals surface area (Å²) in [5.74, 6) is 0.310. The van der Waals surface area contributed by atoms with Gasteiger partial charge in [-0.1, -0.05) is 12.1 Å². The van der Waals surface area contributed by atoms with Crippen LogP contribution in [0.25, 0.3) is 0 Å². The van der Waals surface area contributed by atoms with E-state index >= 15 is 0 Å². The van der Waals surface area contributed by atoms with Crippen LogP contribution >= 0.6 is 0 Å². The summed E-state index contributed by atoms with van der Waals surface area (Å²) < 4.78 is 33.5. The number of amides is 1. The maximum atomic E-state index is 12.8. The van der Waals surface area contributed by atoms with Crippen molar-refractivity contribution in [3.63, 3.8) is 0 Å². The zero-order valence-corrected chi connectivity index (χ0v) is 16.4. The van der Waals surface area contributed by atoms with E-state index in [0.29, 0.717) is 30.1 Å². The summed E-state index contributed by atoms with van der Waals surface area (Å²) in [6.45, 7) is 3.30. The molecular formula is C20H24N2O4S. The highest BCUT2D eigenvalue weighted by molar-refractivity contribution is 7.92. The molecule has 1 saturated heterocycles. The fourth-order valence-corrected chi connectivity index (χ4v) is 4.29. The average Bonchev–Trinajstić information content (AvgIpc) is 2.68. The Morgan fingerprint density at radius 3 is 2.52 bits per heavy atom. The summed E-state index contributed by atoms with van der Waals surface area (Å²) in [5, 5.41) is 0. The molecule has 0 aromatic heterocycles. The molecule has 0 unspecified atom stereocenters. The van der Waals surface area contributed by atoms with Gasteiger partial charge in [-0.15, -0.1) is 0 Å². The number of ether oxygens (including phenoxy) is 1. The largest absolute Gasteiger partial charge is 0.495 e. The van der Waals surface area contributed by atoms with Crippen molar-refractivity contribution in [2.45, 2.75) is 31.1 Å². The molecule has 0 aliphatic carbocycles. The van der Waals surface area contributed by atoms with Crippen LogP contribution in [0.2, 0.25) is 0 Å². The molecule has 7 heteroatoms. The Balaban J connectivity index is 1.87. The Hall–Kier alpha value is -2.54. The molecule has 144 valence electrons. The zero-order chi connectivity index (χ0) is 19.4. The lowest BCUT2D eigenvalue weighted by Crippen LogP contribution is -2.35. The molecule has 1 fully saturated rings. The van der Waals surface area contributed by atoms with Gasteiger partial charge in [0, 0.05) is 18.7 Å². The minimum Gasteiger partial charge on any atom is -0.495 e. The van der Waals surface area contributed by atoms with Crippen LogP contribution in [0.15, 0.2) is 47.4 Å². The number of rotatable bonds is 5. The molecule has 1 aliphatic rings. The van der Waals surface area contributed by atoms with Crippen molar-refractivity contribution in [3.8, 4) is 5.75 Å². The molecule has 27 heavy (non-hydrogen) atoms. The molecule has 2 aromatic rings. The second kappa shape index (κ2) is 8.00. The molecule has 1 N–H and O–H groups in total. The second-order valence-electron chi connectivity index (χ2n) is 6.69. The SMILES string of the molecule is COc1ccc(C)cc1NS(=O)(=O)c1cccc(C(=O)N2CCCCC2)c1. The number of methoxy groups -OCH3 is 1. The highest BCUT2D eigenvalue weighted by atomic mass is 32.2. The molecule has 0 bridgehead atoms. The lowest BCUT2D eigenvalue weighted by molar-refractivity contribution is 0.0724. The van der Waals surface area contributed by atoms with Gasteiger partial charge in [0.25, 0.3) is 15.9 Å². The van der Waals surface area contributed by atoms with Crippen molar-refractivity contribution in [2.75, 3.05) is 24.9 Å². The normalized spacial score (nSPS) is 14.7. The Bertz CT molecular complexity index is 935. The first-order valence-corrected chi connectivity index (χ1v) is 10.5. The number of benzene rings is 2. The van der Waals surface area contributed by atoms with E-state index in [-0.39, 0.29) is 10.8 Å². The van der Waals surface area contributed by atoms with Gasteiger partial charge in [0.1, 0.15) is 5.75 Å². The number of carbonyl (C=O) groups is 1. The van der Waals surface area contributed by atoms with Crippen LogP contribution in [0, 0.1) is 6.92 Å². The van der Waals surface area contributed by atoms with Crippen LogP contribution < -0.4 is 9.46 Å². The number of piperidine rings is 1. The second-order valence-corrected chi connectivity index (χ2v) is 8.37. The first-order valence-electron chi connectivity index (χ1n) is 8.97. The molecular weight excluding hydrogens is 364 g/mol. The summed E-state index contributed by atoms with van der Waals surface area (Å²) in [6.07, 6.45) is 3.09. The molecule has 1 aliphatic heterocycles. The first kappa shape index (κ1) is 19.2. The maximum absolute atomic E-state index is 12.8. The minimum absolute atomic E-state index is 0.0499. The number of nitrogens with zero attached hydrogens (tertiary/aromatic N) is 1. The predicted octanol–water partition coefficient (Wildman–Crippen LogP) is 3.43. The van der Waals surface area contributed by atoms with E-state index in [1.165, 1.54) is 19.2 Å². The van der Waals surface area contributed by atoms with Gasteiger partial charge < -0.3 is 9.64 Å². The van der Waals surface area contributed by atoms with Crippen molar-refractivity contribution in [2.24, 2.45) is 0 Å². The molecule has 6 nitrogen and oxygen atoms in total. The number of aryl methyl sites for hydroxylation is 1. The molecule has 2 aromatic carbocycles. The quantitative estimate of drug-likeness (QED) is 0.851. The van der Waals surface area contributed by atoms with Crippen molar-refractivity contribution >= 4 is 21.6 Å². The number of sulfonamides is 1. The summed E-state index contributed by atoms with van der Waals surface area (Å²) >= 11 is 0. The van der Waals surface area contributed by atoms with Gasteiger partial charge in [-0.05, 0) is 62.1 Å². The number of hydrogen-bond donors (Lipinski definition) is 1. The summed E-state index contributed by atoms with van der Waals surface area (Å²) in [4.78, 5) is 14.5. The molecule has 0 radical (unpaired) electrons. The van der Waals surface area contributed by atoms with Gasteiger partial charge in [0.15, 0.2) is 0 Å². The number of likely N-dealkylation sites (tertiary alicyclic amines) is 1. The van der Waals surface area contributed by atoms with Crippen molar-refractivity contribution in [1.29, 1.82) is 0 Å². The zero-order valence-electron chi connectivity index (χ0n) is 15.6. The minimum atomic E-state index is -3.85. The van der Waals surface area contributed by atoms with Gasteiger partial charge >= 0.3 is 0 Å². The van der Waals surface area contributed by atoms with E-state index < -0.39 is 10.0 Å². The third-order valence-corrected chi connectivity index (χ3v) is 6.00. The van der Waals surface area contributed by atoms with E-state index in [0.717, 1.165) is 24.8 Å². The molecule has 0 spiro atoms. The van der Waals surface area contributed by atoms with Gasteiger partial charge in [0.2, 0.25) is 0 Å². The van der Waals surface area contributed by atoms with Crippen LogP contribution in [0.4, 0.5) is 5.69 Å². The third kappa shape index (κ3) is 4.42. The van der Waals surface area contributed by atoms with E-state index in [9.17, 15) is 13.2 Å². The van der Waals surface area contributed by atoms with Gasteiger partial charge in [-0.3, -0.25) is 9.52 Å². The third-order valence-electron chi connectivity index (χ3n) is 4.63. The molecule has 0 saturated carbocycles. The van der Waals surface area contributed by atoms with Crippen LogP contribution in [0.3, 0.4) is 0 Å². The summed E-state index contributed by atoms with van der Waals surface area (Å²) in [5.41, 5.74) is 1.66. The van der Waals surface area contributed by atoms with Crippen molar-refractivity contribution < 1.29 is 17.9 Å². The predicted molar refractivity (Wildman–Crippen MR) is 105 cm³/mol. The van der Waals surface area contributed by atoms with Gasteiger partial charge in [-0.25, -0.2) is 8.42 Å². The standard InChI is InChI=1S/C20H24N2O4S/c1-15-9-10-19(26-2)18(13-15)21-27(24,25)17-8-6-7-16(14-17)20(23)22-11-4-3-5-12-22/h6-10,13-14,21H,3-5,11-12H2,1-2H3. The van der Waals surface area contributed by atoms with Crippen molar-refractivity contribution in [3.05, 3.63) is 53.6 Å². The number of anilines is 1. The molecule has 0 atom stereocenters. The average molecular weight is 388 g/mol. The van der Waals surface area contributed by atoms with E-state index in [2.05, 4.69) is 4.72 Å². The van der Waals surface area contributed by atoms with E-state index in [4.69, 9.17) is 4.74 Å². The summed E-state index contributed by atoms with van der Waals surface area (Å²) in [7, 11) is -2.36. The Labute approximate surface area is 160 Å². The van der Waals surface area contributed by atoms with Crippen molar-refractivity contribution in [1.82, 2.24) is 4.90 Å². The van der Waals surface area contributed by atoms with E-state index in [1.54, 1.807) is 29.2 Å². The number of carbonyl (C=O) groups excluding carboxylic acids is 1. The Kier molecular flexibility index (Phi) is 5.70. The van der Waals surface area contributed by atoms with Crippen LogP contribution in [-0.2, 0) is 10.0 Å². The van der Waals surface area contributed by atoms with Crippen LogP contribution in [0.1, 0.15) is 35.2 Å². The first-order chi connectivity index (χ1) is 12.9. The van der Waals surface area contributed by atoms with Crippen LogP contribution in [-0.4, -0.2) is 39.4 Å². The number of nitrogens with one attached hydrogen (secondary N) is 1. The van der Waals surface area contributed by atoms with Gasteiger partial charge in [-0.2, -0.15) is 0 Å². The Morgan fingerprint density at radius 2 is 1.81 bits per heavy atom. The molecule has 1 heterocycles. The monoisotopic (exact) mass is 388 g/mol. The fraction of sp³-hybridized carbons (Fsp3) is 0.350. The van der Waals surface area contributed by atoms with Gasteiger partial charge in [0.05, 0.1) is 17.7 Å². The van der Waals surface area contributed by atoms with E-state index in [1.807, 2.05) is 13.0 Å². The highest BCUT2D eigenvalue weighted by Crippen LogP contribution is 2.28. The Morgan fingerprint density at radius 1 is 1.07 bits per heavy atom. The summed E-state index contributed by atoms with van der Waals surface area (Å²) in [6, 6.07) is 11.4. The maximum Gasteiger partial charge on any atom is 0.262 e. The number of hydrogen-bond acceptors (Lipinski definition) is 4. The van der Waals surface area contributed by atoms with Crippen LogP contribution in [0.5, 0.6) is 5.75 Å². The smallest absolute Gasteiger partial charge is 0.262 e. The fourth-order valence-electron chi connectivity index (χ4n) is 3.18. The molecule has 3 rings (SSSR count). The lowest BCUT2D eigenvalue weighted by Gasteiger charge is -2.26.